The first-order chi connectivity index (χ1) is 12.8. The van der Waals surface area contributed by atoms with Gasteiger partial charge in [-0.25, -0.2) is 4.98 Å². The number of rotatable bonds is 2. The summed E-state index contributed by atoms with van der Waals surface area (Å²) in [5.74, 6) is 0.578. The molecule has 144 valence electrons. The minimum Gasteiger partial charge on any atom is -0.370 e. The van der Waals surface area contributed by atoms with E-state index < -0.39 is 11.7 Å². The van der Waals surface area contributed by atoms with Crippen molar-refractivity contribution in [3.8, 4) is 0 Å². The molecule has 4 rings (SSSR count). The Labute approximate surface area is 164 Å². The number of nitrogens with zero attached hydrogens (tertiary/aromatic N) is 2. The number of aromatic nitrogens is 1. The van der Waals surface area contributed by atoms with Crippen molar-refractivity contribution in [2.24, 2.45) is 0 Å². The van der Waals surface area contributed by atoms with Gasteiger partial charge < -0.3 is 15.5 Å². The van der Waals surface area contributed by atoms with E-state index in [9.17, 15) is 13.2 Å². The Morgan fingerprint density at radius 1 is 1.30 bits per heavy atom. The lowest BCUT2D eigenvalue weighted by molar-refractivity contribution is -0.137. The zero-order chi connectivity index (χ0) is 19.3. The van der Waals surface area contributed by atoms with Crippen molar-refractivity contribution >= 4 is 33.1 Å². The van der Waals surface area contributed by atoms with Crippen LogP contribution in [0.1, 0.15) is 29.2 Å². The number of hydrogen-bond donors (Lipinski definition) is 2. The van der Waals surface area contributed by atoms with E-state index in [1.807, 2.05) is 24.0 Å². The summed E-state index contributed by atoms with van der Waals surface area (Å²) in [7, 11) is 1.77. The highest BCUT2D eigenvalue weighted by Crippen LogP contribution is 2.50. The Bertz CT molecular complexity index is 884. The molecular weight excluding hydrogens is 421 g/mol. The number of likely N-dealkylation sites (N-methyl/N-ethyl adjacent to an activating group) is 1. The molecule has 1 saturated heterocycles. The standard InChI is InChI=1S/C19H20BrF3N4/c1-10-15(20)3-4-17(25-10)26-11-7-12-13-9-24-6-5-16(13)27(2)18(12)14(8-11)19(21,22)23/h3-4,7-8,13,16,24H,5-6,9H2,1-2H3,(H,25,26)/t13-,16-/m0/s1. The summed E-state index contributed by atoms with van der Waals surface area (Å²) in [6.45, 7) is 3.36. The molecule has 4 nitrogen and oxygen atoms in total. The molecule has 0 aliphatic carbocycles. The molecule has 0 bridgehead atoms. The summed E-state index contributed by atoms with van der Waals surface area (Å²) < 4.78 is 42.4. The summed E-state index contributed by atoms with van der Waals surface area (Å²) in [6.07, 6.45) is -3.58. The third-order valence-electron chi connectivity index (χ3n) is 5.43. The third kappa shape index (κ3) is 3.29. The Hall–Kier alpha value is -1.80. The Kier molecular flexibility index (Phi) is 4.58. The maximum Gasteiger partial charge on any atom is 0.418 e. The van der Waals surface area contributed by atoms with E-state index in [-0.39, 0.29) is 12.0 Å². The molecule has 0 spiro atoms. The van der Waals surface area contributed by atoms with Crippen molar-refractivity contribution in [3.63, 3.8) is 0 Å². The normalized spacial score (nSPS) is 21.8. The monoisotopic (exact) mass is 440 g/mol. The fourth-order valence-electron chi connectivity index (χ4n) is 4.17. The molecule has 2 atom stereocenters. The summed E-state index contributed by atoms with van der Waals surface area (Å²) in [4.78, 5) is 6.20. The van der Waals surface area contributed by atoms with E-state index in [0.29, 0.717) is 23.7 Å². The van der Waals surface area contributed by atoms with Gasteiger partial charge in [0, 0.05) is 35.7 Å². The van der Waals surface area contributed by atoms with Crippen LogP contribution in [0.25, 0.3) is 0 Å². The van der Waals surface area contributed by atoms with Gasteiger partial charge in [-0.15, -0.1) is 0 Å². The maximum absolute atomic E-state index is 13.8. The minimum atomic E-state index is -4.42. The Morgan fingerprint density at radius 3 is 2.78 bits per heavy atom. The summed E-state index contributed by atoms with van der Waals surface area (Å²) in [5.41, 5.74) is 1.66. The summed E-state index contributed by atoms with van der Waals surface area (Å²) in [5, 5.41) is 6.37. The smallest absolute Gasteiger partial charge is 0.370 e. The number of anilines is 3. The van der Waals surface area contributed by atoms with Gasteiger partial charge in [0.15, 0.2) is 0 Å². The second-order valence-electron chi connectivity index (χ2n) is 7.13. The van der Waals surface area contributed by atoms with Gasteiger partial charge in [-0.2, -0.15) is 13.2 Å². The second-order valence-corrected chi connectivity index (χ2v) is 7.98. The van der Waals surface area contributed by atoms with Gasteiger partial charge in [0.25, 0.3) is 0 Å². The van der Waals surface area contributed by atoms with Crippen LogP contribution in [-0.2, 0) is 6.18 Å². The van der Waals surface area contributed by atoms with Crippen LogP contribution in [0.4, 0.5) is 30.4 Å². The zero-order valence-electron chi connectivity index (χ0n) is 15.0. The predicted octanol–water partition coefficient (Wildman–Crippen LogP) is 4.81. The van der Waals surface area contributed by atoms with E-state index >= 15 is 0 Å². The summed E-state index contributed by atoms with van der Waals surface area (Å²) in [6, 6.07) is 6.72. The van der Waals surface area contributed by atoms with Gasteiger partial charge in [-0.05, 0) is 65.6 Å². The van der Waals surface area contributed by atoms with Crippen molar-refractivity contribution in [3.05, 3.63) is 45.6 Å². The highest BCUT2D eigenvalue weighted by Gasteiger charge is 2.45. The molecule has 2 N–H and O–H groups in total. The van der Waals surface area contributed by atoms with Crippen molar-refractivity contribution in [2.75, 3.05) is 30.4 Å². The van der Waals surface area contributed by atoms with Crippen LogP contribution in [0, 0.1) is 6.92 Å². The number of halogens is 4. The van der Waals surface area contributed by atoms with Gasteiger partial charge in [0.05, 0.1) is 16.9 Å². The number of hydrogen-bond acceptors (Lipinski definition) is 4. The lowest BCUT2D eigenvalue weighted by Crippen LogP contribution is -2.42. The van der Waals surface area contributed by atoms with E-state index in [4.69, 9.17) is 0 Å². The van der Waals surface area contributed by atoms with Crippen LogP contribution in [0.3, 0.4) is 0 Å². The van der Waals surface area contributed by atoms with Crippen molar-refractivity contribution in [1.82, 2.24) is 10.3 Å². The molecule has 2 aliphatic rings. The van der Waals surface area contributed by atoms with E-state index in [0.717, 1.165) is 28.7 Å². The Balaban J connectivity index is 1.79. The topological polar surface area (TPSA) is 40.2 Å². The van der Waals surface area contributed by atoms with E-state index in [1.54, 1.807) is 13.1 Å². The molecule has 1 aromatic carbocycles. The first kappa shape index (κ1) is 18.6. The molecule has 27 heavy (non-hydrogen) atoms. The quantitative estimate of drug-likeness (QED) is 0.702. The number of benzene rings is 1. The largest absolute Gasteiger partial charge is 0.418 e. The molecule has 3 heterocycles. The highest BCUT2D eigenvalue weighted by atomic mass is 79.9. The third-order valence-corrected chi connectivity index (χ3v) is 6.27. The molecule has 0 saturated carbocycles. The van der Waals surface area contributed by atoms with Gasteiger partial charge in [0.1, 0.15) is 5.82 Å². The molecule has 1 fully saturated rings. The van der Waals surface area contributed by atoms with Crippen LogP contribution in [0.15, 0.2) is 28.7 Å². The van der Waals surface area contributed by atoms with E-state index in [2.05, 4.69) is 31.5 Å². The number of fused-ring (bicyclic) bond motifs is 3. The molecule has 1 aromatic heterocycles. The van der Waals surface area contributed by atoms with Crippen LogP contribution in [-0.4, -0.2) is 31.2 Å². The number of piperidine rings is 1. The predicted molar refractivity (Wildman–Crippen MR) is 104 cm³/mol. The fraction of sp³-hybridized carbons (Fsp3) is 0.421. The van der Waals surface area contributed by atoms with Gasteiger partial charge in [0.2, 0.25) is 0 Å². The van der Waals surface area contributed by atoms with Crippen LogP contribution >= 0.6 is 15.9 Å². The fourth-order valence-corrected chi connectivity index (χ4v) is 4.40. The lowest BCUT2D eigenvalue weighted by atomic mass is 9.89. The minimum absolute atomic E-state index is 0.0567. The average Bonchev–Trinajstić information content (AvgIpc) is 2.90. The van der Waals surface area contributed by atoms with Gasteiger partial charge in [-0.1, -0.05) is 0 Å². The average molecular weight is 441 g/mol. The van der Waals surface area contributed by atoms with Crippen LogP contribution < -0.4 is 15.5 Å². The molecule has 2 aromatic rings. The SMILES string of the molecule is Cc1nc(Nc2cc3c(c(C(F)(F)F)c2)N(C)[C@H]2CCNC[C@@H]32)ccc1Br. The van der Waals surface area contributed by atoms with Crippen molar-refractivity contribution < 1.29 is 13.2 Å². The van der Waals surface area contributed by atoms with Crippen LogP contribution in [0.2, 0.25) is 0 Å². The van der Waals surface area contributed by atoms with Crippen molar-refractivity contribution in [1.29, 1.82) is 0 Å². The number of pyridine rings is 1. The first-order valence-electron chi connectivity index (χ1n) is 8.84. The highest BCUT2D eigenvalue weighted by molar-refractivity contribution is 9.10. The Morgan fingerprint density at radius 2 is 2.07 bits per heavy atom. The second kappa shape index (κ2) is 6.67. The van der Waals surface area contributed by atoms with E-state index in [1.165, 1.54) is 6.07 Å². The first-order valence-corrected chi connectivity index (χ1v) is 9.64. The maximum atomic E-state index is 13.8. The number of nitrogens with one attached hydrogen (secondary N) is 2. The van der Waals surface area contributed by atoms with Crippen molar-refractivity contribution in [2.45, 2.75) is 31.5 Å². The van der Waals surface area contributed by atoms with Gasteiger partial charge in [-0.3, -0.25) is 0 Å². The molecule has 0 amide bonds. The molecule has 8 heteroatoms. The summed E-state index contributed by atoms with van der Waals surface area (Å²) >= 11 is 3.39. The lowest BCUT2D eigenvalue weighted by Gasteiger charge is -2.31. The van der Waals surface area contributed by atoms with Gasteiger partial charge >= 0.3 is 6.18 Å². The van der Waals surface area contributed by atoms with Crippen LogP contribution in [0.5, 0.6) is 0 Å². The molecule has 0 radical (unpaired) electrons. The molecular formula is C19H20BrF3N4. The molecule has 2 aliphatic heterocycles. The number of aryl methyl sites for hydroxylation is 1. The zero-order valence-corrected chi connectivity index (χ0v) is 16.6. The number of alkyl halides is 3. The molecule has 0 unspecified atom stereocenters.